The molecule has 0 aliphatic heterocycles. The fourth-order valence-electron chi connectivity index (χ4n) is 6.78. The van der Waals surface area contributed by atoms with E-state index in [1.165, 1.54) is 33.8 Å². The quantitative estimate of drug-likeness (QED) is 0.124. The maximum Gasteiger partial charge on any atom is 0.380 e. The van der Waals surface area contributed by atoms with Gasteiger partial charge >= 0.3 is 35.5 Å². The van der Waals surface area contributed by atoms with Gasteiger partial charge in [0.05, 0.1) is 17.3 Å². The Balaban J connectivity index is 1.22. The Bertz CT molecular complexity index is 2550. The minimum atomic E-state index is -5.72. The zero-order valence-electron chi connectivity index (χ0n) is 29.5. The molecule has 0 bridgehead atoms. The topological polar surface area (TPSA) is 0 Å². The molecule has 1 aromatic carbocycles. The number of alkyl halides is 12. The van der Waals surface area contributed by atoms with Gasteiger partial charge in [0.2, 0.25) is 0 Å². The molecule has 5 aromatic rings. The lowest BCUT2D eigenvalue weighted by Crippen LogP contribution is -2.48. The van der Waals surface area contributed by atoms with E-state index < -0.39 is 80.1 Å². The second-order valence-corrected chi connectivity index (χ2v) is 21.0. The Morgan fingerprint density at radius 1 is 0.414 bits per heavy atom. The number of allylic oxidation sites excluding steroid dienone is 4. The minimum absolute atomic E-state index is 0.0474. The van der Waals surface area contributed by atoms with Crippen molar-refractivity contribution in [2.45, 2.75) is 63.2 Å². The molecular formula is C40H20Br2F12S4. The van der Waals surface area contributed by atoms with Crippen LogP contribution in [0.5, 0.6) is 0 Å². The van der Waals surface area contributed by atoms with Gasteiger partial charge in [-0.3, -0.25) is 0 Å². The van der Waals surface area contributed by atoms with Gasteiger partial charge in [-0.05, 0) is 124 Å². The van der Waals surface area contributed by atoms with Crippen LogP contribution in [0.1, 0.15) is 62.6 Å². The van der Waals surface area contributed by atoms with Gasteiger partial charge in [-0.2, -0.15) is 52.7 Å². The monoisotopic (exact) mass is 1010 g/mol. The zero-order chi connectivity index (χ0) is 42.7. The Labute approximate surface area is 355 Å². The van der Waals surface area contributed by atoms with Crippen molar-refractivity contribution in [1.29, 1.82) is 0 Å². The van der Waals surface area contributed by atoms with Crippen molar-refractivity contribution in [2.24, 2.45) is 0 Å². The number of halogens is 14. The number of rotatable bonds is 4. The molecule has 0 saturated carbocycles. The molecule has 2 aliphatic carbocycles. The summed E-state index contributed by atoms with van der Waals surface area (Å²) in [7, 11) is 0. The van der Waals surface area contributed by atoms with Crippen molar-refractivity contribution in [3.8, 4) is 23.7 Å². The van der Waals surface area contributed by atoms with Crippen LogP contribution in [0.25, 0.3) is 22.3 Å². The molecule has 0 N–H and O–H groups in total. The van der Waals surface area contributed by atoms with E-state index in [-0.39, 0.29) is 36.8 Å². The van der Waals surface area contributed by atoms with Gasteiger partial charge in [0, 0.05) is 52.9 Å². The molecule has 0 saturated heterocycles. The third kappa shape index (κ3) is 6.38. The predicted molar refractivity (Wildman–Crippen MR) is 213 cm³/mol. The van der Waals surface area contributed by atoms with E-state index in [2.05, 4.69) is 55.5 Å². The second-order valence-electron chi connectivity index (χ2n) is 13.2. The Kier molecular flexibility index (Phi) is 10.5. The van der Waals surface area contributed by atoms with Gasteiger partial charge in [0.25, 0.3) is 0 Å². The maximum atomic E-state index is 15.4. The number of benzene rings is 1. The maximum absolute atomic E-state index is 15.4. The highest BCUT2D eigenvalue weighted by Gasteiger charge is 2.81. The van der Waals surface area contributed by atoms with Crippen LogP contribution in [0.15, 0.2) is 56.1 Å². The summed E-state index contributed by atoms with van der Waals surface area (Å²) in [5, 5.41) is 0. The highest BCUT2D eigenvalue weighted by Crippen LogP contribution is 2.67. The highest BCUT2D eigenvalue weighted by molar-refractivity contribution is 9.11. The molecular weight excluding hydrogens is 996 g/mol. The van der Waals surface area contributed by atoms with Gasteiger partial charge in [-0.15, -0.1) is 45.3 Å². The SMILES string of the molecule is Cc1sc(Br)cc1C1=C(c2cc(C#Cc3cccc(C#Cc4cc(C5=C(c6cc(Br)sc6C)C(F)(F)C(F)(F)C5(F)F)c(C)s4)c3)sc2C)C(F)(F)C(F)(F)C1(F)F. The van der Waals surface area contributed by atoms with Crippen LogP contribution in [0.3, 0.4) is 0 Å². The van der Waals surface area contributed by atoms with E-state index >= 15 is 35.1 Å². The second kappa shape index (κ2) is 14.2. The average Bonchev–Trinajstić information content (AvgIpc) is 3.89. The Morgan fingerprint density at radius 2 is 0.707 bits per heavy atom. The van der Waals surface area contributed by atoms with Crippen LogP contribution >= 0.6 is 77.2 Å². The minimum Gasteiger partial charge on any atom is -0.194 e. The van der Waals surface area contributed by atoms with Gasteiger partial charge in [0.1, 0.15) is 0 Å². The number of thiophene rings is 4. The van der Waals surface area contributed by atoms with Gasteiger partial charge in [-0.25, -0.2) is 0 Å². The van der Waals surface area contributed by atoms with Crippen molar-refractivity contribution in [3.05, 3.63) is 119 Å². The first kappa shape index (κ1) is 42.8. The fraction of sp³-hybridized carbons (Fsp3) is 0.250. The van der Waals surface area contributed by atoms with Gasteiger partial charge in [0.15, 0.2) is 0 Å². The van der Waals surface area contributed by atoms with Crippen LogP contribution in [-0.4, -0.2) is 35.5 Å². The Morgan fingerprint density at radius 3 is 1.00 bits per heavy atom. The number of hydrogen-bond acceptors (Lipinski definition) is 4. The molecule has 18 heteroatoms. The van der Waals surface area contributed by atoms with E-state index in [1.54, 1.807) is 18.2 Å². The first-order valence-electron chi connectivity index (χ1n) is 16.4. The standard InChI is InChI=1S/C40H20Br2F12S4/c1-17-25(31-33(27-15-29(41)57-19(27)3)37(47,48)39(51,52)35(31,43)44)13-23(55-17)10-8-21-6-5-7-22(12-21)9-11-24-14-26(18(2)56-24)32-34(28-16-30(42)58-20(28)4)38(49,50)40(53,54)36(32,45)46/h5-7,12-16H,1-4H3. The first-order chi connectivity index (χ1) is 26.8. The van der Waals surface area contributed by atoms with Crippen LogP contribution in [0, 0.1) is 51.4 Å². The van der Waals surface area contributed by atoms with E-state index in [0.29, 0.717) is 11.1 Å². The van der Waals surface area contributed by atoms with Crippen molar-refractivity contribution in [1.82, 2.24) is 0 Å². The first-order valence-corrected chi connectivity index (χ1v) is 21.3. The lowest BCUT2D eigenvalue weighted by atomic mass is 9.95. The van der Waals surface area contributed by atoms with Crippen LogP contribution in [0.2, 0.25) is 0 Å². The summed E-state index contributed by atoms with van der Waals surface area (Å²) in [5.41, 5.74) is -7.09. The summed E-state index contributed by atoms with van der Waals surface area (Å²) in [6, 6.07) is 10.5. The third-order valence-electron chi connectivity index (χ3n) is 9.54. The molecule has 58 heavy (non-hydrogen) atoms. The molecule has 302 valence electrons. The largest absolute Gasteiger partial charge is 0.380 e. The summed E-state index contributed by atoms with van der Waals surface area (Å²) < 4.78 is 182. The number of aryl methyl sites for hydroxylation is 4. The molecule has 0 nitrogen and oxygen atoms in total. The molecule has 2 aliphatic rings. The summed E-state index contributed by atoms with van der Waals surface area (Å²) in [6.07, 6.45) is 0. The van der Waals surface area contributed by atoms with Crippen molar-refractivity contribution in [3.63, 3.8) is 0 Å². The van der Waals surface area contributed by atoms with Gasteiger partial charge < -0.3 is 0 Å². The molecule has 4 heterocycles. The molecule has 0 radical (unpaired) electrons. The molecule has 4 aromatic heterocycles. The summed E-state index contributed by atoms with van der Waals surface area (Å²) in [5.74, 6) is -21.2. The molecule has 0 atom stereocenters. The summed E-state index contributed by atoms with van der Waals surface area (Å²) in [6.45, 7) is 5.38. The predicted octanol–water partition coefficient (Wildman–Crippen LogP) is 15.2. The highest BCUT2D eigenvalue weighted by atomic mass is 79.9. The van der Waals surface area contributed by atoms with E-state index in [9.17, 15) is 17.6 Å². The van der Waals surface area contributed by atoms with Crippen LogP contribution in [-0.2, 0) is 0 Å². The average molecular weight is 1020 g/mol. The molecule has 0 spiro atoms. The fourth-order valence-corrected chi connectivity index (χ4v) is 11.9. The summed E-state index contributed by atoms with van der Waals surface area (Å²) in [4.78, 5) is 0.568. The molecule has 0 amide bonds. The third-order valence-corrected chi connectivity index (χ3v) is 14.6. The lowest BCUT2D eigenvalue weighted by Gasteiger charge is -2.25. The van der Waals surface area contributed by atoms with Gasteiger partial charge in [-0.1, -0.05) is 29.7 Å². The number of hydrogen-bond donors (Lipinski definition) is 0. The van der Waals surface area contributed by atoms with Crippen molar-refractivity contribution in [2.75, 3.05) is 0 Å². The molecule has 7 rings (SSSR count). The lowest BCUT2D eigenvalue weighted by molar-refractivity contribution is -0.254. The van der Waals surface area contributed by atoms with Crippen molar-refractivity contribution < 1.29 is 52.7 Å². The van der Waals surface area contributed by atoms with Crippen molar-refractivity contribution >= 4 is 99.5 Å². The van der Waals surface area contributed by atoms with Crippen LogP contribution < -0.4 is 0 Å². The van der Waals surface area contributed by atoms with E-state index in [0.717, 1.165) is 69.6 Å². The Hall–Kier alpha value is -3.26. The molecule has 0 fully saturated rings. The smallest absolute Gasteiger partial charge is 0.194 e. The zero-order valence-corrected chi connectivity index (χ0v) is 36.0. The van der Waals surface area contributed by atoms with E-state index in [1.807, 2.05) is 0 Å². The van der Waals surface area contributed by atoms with E-state index in [4.69, 9.17) is 0 Å². The molecule has 0 unspecified atom stereocenters. The summed E-state index contributed by atoms with van der Waals surface area (Å²) >= 11 is 9.75. The van der Waals surface area contributed by atoms with Crippen LogP contribution in [0.4, 0.5) is 52.7 Å². The normalized spacial score (nSPS) is 19.6.